The number of amides is 1. The molecule has 1 amide bonds. The molecule has 0 atom stereocenters. The Balaban J connectivity index is 2.24. The molecule has 0 aliphatic carbocycles. The summed E-state index contributed by atoms with van der Waals surface area (Å²) in [5.41, 5.74) is 3.20. The predicted octanol–water partition coefficient (Wildman–Crippen LogP) is 3.71. The van der Waals surface area contributed by atoms with Crippen molar-refractivity contribution in [2.45, 2.75) is 13.8 Å². The van der Waals surface area contributed by atoms with E-state index in [-0.39, 0.29) is 5.91 Å². The van der Waals surface area contributed by atoms with E-state index in [0.717, 1.165) is 21.4 Å². The standard InChI is InChI=1S/C14H13BrN2O/c1-9-5-6-13(12(15)8-9)17-14(18)11-4-3-7-16-10(11)2/h3-8H,1-2H3,(H,17,18). The Kier molecular flexibility index (Phi) is 3.77. The lowest BCUT2D eigenvalue weighted by atomic mass is 10.2. The zero-order chi connectivity index (χ0) is 13.1. The van der Waals surface area contributed by atoms with Crippen LogP contribution in [0.15, 0.2) is 41.0 Å². The Hall–Kier alpha value is -1.68. The van der Waals surface area contributed by atoms with Crippen LogP contribution in [0.4, 0.5) is 5.69 Å². The number of rotatable bonds is 2. The highest BCUT2D eigenvalue weighted by molar-refractivity contribution is 9.10. The summed E-state index contributed by atoms with van der Waals surface area (Å²) >= 11 is 3.44. The second-order valence-electron chi connectivity index (χ2n) is 4.07. The molecular weight excluding hydrogens is 292 g/mol. The van der Waals surface area contributed by atoms with Gasteiger partial charge in [-0.1, -0.05) is 6.07 Å². The number of carbonyl (C=O) groups is 1. The number of pyridine rings is 1. The predicted molar refractivity (Wildman–Crippen MR) is 75.8 cm³/mol. The average molecular weight is 305 g/mol. The highest BCUT2D eigenvalue weighted by Crippen LogP contribution is 2.24. The summed E-state index contributed by atoms with van der Waals surface area (Å²) < 4.78 is 0.873. The van der Waals surface area contributed by atoms with E-state index in [1.54, 1.807) is 18.3 Å². The molecule has 92 valence electrons. The van der Waals surface area contributed by atoms with E-state index in [1.807, 2.05) is 32.0 Å². The molecule has 0 aliphatic rings. The van der Waals surface area contributed by atoms with Gasteiger partial charge in [0.1, 0.15) is 0 Å². The minimum Gasteiger partial charge on any atom is -0.321 e. The van der Waals surface area contributed by atoms with Crippen molar-refractivity contribution in [2.75, 3.05) is 5.32 Å². The van der Waals surface area contributed by atoms with Crippen molar-refractivity contribution in [3.8, 4) is 0 Å². The van der Waals surface area contributed by atoms with Crippen molar-refractivity contribution in [1.29, 1.82) is 0 Å². The van der Waals surface area contributed by atoms with Crippen LogP contribution >= 0.6 is 15.9 Å². The quantitative estimate of drug-likeness (QED) is 0.919. The number of nitrogens with one attached hydrogen (secondary N) is 1. The highest BCUT2D eigenvalue weighted by Gasteiger charge is 2.10. The molecular formula is C14H13BrN2O. The van der Waals surface area contributed by atoms with Gasteiger partial charge in [0, 0.05) is 16.4 Å². The molecule has 0 radical (unpaired) electrons. The third-order valence-electron chi connectivity index (χ3n) is 2.62. The van der Waals surface area contributed by atoms with Gasteiger partial charge in [0.15, 0.2) is 0 Å². The summed E-state index contributed by atoms with van der Waals surface area (Å²) in [6.07, 6.45) is 1.67. The fraction of sp³-hybridized carbons (Fsp3) is 0.143. The van der Waals surface area contributed by atoms with Gasteiger partial charge in [0.25, 0.3) is 5.91 Å². The molecule has 0 saturated heterocycles. The molecule has 3 nitrogen and oxygen atoms in total. The molecule has 4 heteroatoms. The van der Waals surface area contributed by atoms with Crippen molar-refractivity contribution >= 4 is 27.5 Å². The molecule has 0 saturated carbocycles. The van der Waals surface area contributed by atoms with Crippen molar-refractivity contribution in [1.82, 2.24) is 4.98 Å². The second kappa shape index (κ2) is 5.31. The van der Waals surface area contributed by atoms with Gasteiger partial charge in [-0.25, -0.2) is 0 Å². The molecule has 18 heavy (non-hydrogen) atoms. The Bertz CT molecular complexity index is 596. The summed E-state index contributed by atoms with van der Waals surface area (Å²) in [4.78, 5) is 16.2. The van der Waals surface area contributed by atoms with Crippen molar-refractivity contribution in [3.63, 3.8) is 0 Å². The van der Waals surface area contributed by atoms with Gasteiger partial charge in [-0.15, -0.1) is 0 Å². The average Bonchev–Trinajstić information content (AvgIpc) is 2.33. The minimum absolute atomic E-state index is 0.148. The number of aromatic nitrogens is 1. The topological polar surface area (TPSA) is 42.0 Å². The molecule has 2 rings (SSSR count). The molecule has 1 N–H and O–H groups in total. The lowest BCUT2D eigenvalue weighted by molar-refractivity contribution is 0.102. The van der Waals surface area contributed by atoms with E-state index in [9.17, 15) is 4.79 Å². The molecule has 0 spiro atoms. The number of benzene rings is 1. The summed E-state index contributed by atoms with van der Waals surface area (Å²) in [6.45, 7) is 3.82. The smallest absolute Gasteiger partial charge is 0.257 e. The largest absolute Gasteiger partial charge is 0.321 e. The number of anilines is 1. The minimum atomic E-state index is -0.148. The molecule has 1 heterocycles. The highest BCUT2D eigenvalue weighted by atomic mass is 79.9. The van der Waals surface area contributed by atoms with Crippen LogP contribution in [-0.2, 0) is 0 Å². The Morgan fingerprint density at radius 2 is 2.06 bits per heavy atom. The number of nitrogens with zero attached hydrogens (tertiary/aromatic N) is 1. The van der Waals surface area contributed by atoms with Gasteiger partial charge in [-0.2, -0.15) is 0 Å². The maximum Gasteiger partial charge on any atom is 0.257 e. The summed E-state index contributed by atoms with van der Waals surface area (Å²) in [5, 5.41) is 2.87. The number of hydrogen-bond donors (Lipinski definition) is 1. The van der Waals surface area contributed by atoms with Crippen LogP contribution in [0.2, 0.25) is 0 Å². The molecule has 1 aromatic carbocycles. The SMILES string of the molecule is Cc1ccc(NC(=O)c2cccnc2C)c(Br)c1. The Morgan fingerprint density at radius 1 is 1.28 bits per heavy atom. The van der Waals surface area contributed by atoms with Gasteiger partial charge >= 0.3 is 0 Å². The zero-order valence-electron chi connectivity index (χ0n) is 10.2. The first-order chi connectivity index (χ1) is 8.58. The monoisotopic (exact) mass is 304 g/mol. The molecule has 0 bridgehead atoms. The zero-order valence-corrected chi connectivity index (χ0v) is 11.8. The van der Waals surface area contributed by atoms with Crippen LogP contribution in [0.1, 0.15) is 21.6 Å². The molecule has 0 unspecified atom stereocenters. The van der Waals surface area contributed by atoms with Crippen LogP contribution in [0.25, 0.3) is 0 Å². The van der Waals surface area contributed by atoms with Gasteiger partial charge in [-0.3, -0.25) is 9.78 Å². The van der Waals surface area contributed by atoms with Crippen LogP contribution in [0.5, 0.6) is 0 Å². The van der Waals surface area contributed by atoms with E-state index >= 15 is 0 Å². The van der Waals surface area contributed by atoms with Gasteiger partial charge in [0.05, 0.1) is 11.3 Å². The molecule has 1 aromatic heterocycles. The Morgan fingerprint density at radius 3 is 2.72 bits per heavy atom. The maximum absolute atomic E-state index is 12.1. The number of aryl methyl sites for hydroxylation is 2. The van der Waals surface area contributed by atoms with Crippen LogP contribution in [-0.4, -0.2) is 10.9 Å². The second-order valence-corrected chi connectivity index (χ2v) is 4.93. The van der Waals surface area contributed by atoms with Crippen LogP contribution < -0.4 is 5.32 Å². The molecule has 0 fully saturated rings. The first kappa shape index (κ1) is 12.8. The first-order valence-electron chi connectivity index (χ1n) is 5.57. The van der Waals surface area contributed by atoms with Crippen LogP contribution in [0.3, 0.4) is 0 Å². The summed E-state index contributed by atoms with van der Waals surface area (Å²) in [7, 11) is 0. The van der Waals surface area contributed by atoms with Crippen molar-refractivity contribution in [2.24, 2.45) is 0 Å². The van der Waals surface area contributed by atoms with E-state index in [2.05, 4.69) is 26.2 Å². The molecule has 0 aliphatic heterocycles. The lowest BCUT2D eigenvalue weighted by Gasteiger charge is -2.09. The van der Waals surface area contributed by atoms with E-state index in [1.165, 1.54) is 0 Å². The van der Waals surface area contributed by atoms with Crippen molar-refractivity contribution in [3.05, 3.63) is 57.8 Å². The fourth-order valence-corrected chi connectivity index (χ4v) is 2.23. The fourth-order valence-electron chi connectivity index (χ4n) is 1.64. The van der Waals surface area contributed by atoms with Gasteiger partial charge in [-0.05, 0) is 59.6 Å². The lowest BCUT2D eigenvalue weighted by Crippen LogP contribution is -2.14. The van der Waals surface area contributed by atoms with E-state index in [0.29, 0.717) is 5.56 Å². The normalized spacial score (nSPS) is 10.2. The maximum atomic E-state index is 12.1. The third-order valence-corrected chi connectivity index (χ3v) is 3.28. The molecule has 2 aromatic rings. The van der Waals surface area contributed by atoms with Gasteiger partial charge in [0.2, 0.25) is 0 Å². The number of carbonyl (C=O) groups excluding carboxylic acids is 1. The summed E-state index contributed by atoms with van der Waals surface area (Å²) in [6, 6.07) is 9.32. The van der Waals surface area contributed by atoms with Gasteiger partial charge < -0.3 is 5.32 Å². The van der Waals surface area contributed by atoms with E-state index < -0.39 is 0 Å². The third kappa shape index (κ3) is 2.76. The van der Waals surface area contributed by atoms with E-state index in [4.69, 9.17) is 0 Å². The van der Waals surface area contributed by atoms with Crippen molar-refractivity contribution < 1.29 is 4.79 Å². The first-order valence-corrected chi connectivity index (χ1v) is 6.36. The summed E-state index contributed by atoms with van der Waals surface area (Å²) in [5.74, 6) is -0.148. The number of hydrogen-bond acceptors (Lipinski definition) is 2. The van der Waals surface area contributed by atoms with Crippen LogP contribution in [0, 0.1) is 13.8 Å². The Labute approximate surface area is 114 Å². The number of halogens is 1.